The molecule has 0 aliphatic carbocycles. The molecule has 1 N–H and O–H groups in total. The Morgan fingerprint density at radius 2 is 2.00 bits per heavy atom. The second kappa shape index (κ2) is 9.42. The summed E-state index contributed by atoms with van der Waals surface area (Å²) in [6.07, 6.45) is 0.988. The van der Waals surface area contributed by atoms with Crippen LogP contribution in [0.15, 0.2) is 18.2 Å². The summed E-state index contributed by atoms with van der Waals surface area (Å²) >= 11 is 0. The van der Waals surface area contributed by atoms with Crippen LogP contribution in [-0.2, 0) is 11.3 Å². The summed E-state index contributed by atoms with van der Waals surface area (Å²) in [6, 6.07) is 4.06. The lowest BCUT2D eigenvalue weighted by molar-refractivity contribution is 0.0614. The van der Waals surface area contributed by atoms with E-state index in [1.165, 1.54) is 12.1 Å². The molecule has 0 amide bonds. The van der Waals surface area contributed by atoms with E-state index in [9.17, 15) is 13.9 Å². The zero-order valence-corrected chi connectivity index (χ0v) is 14.5. The molecule has 2 atom stereocenters. The lowest BCUT2D eigenvalue weighted by atomic mass is 9.89. The Morgan fingerprint density at radius 3 is 2.67 bits per heavy atom. The molecular formula is C18H28F2N2O2. The van der Waals surface area contributed by atoms with Gasteiger partial charge in [-0.3, -0.25) is 4.90 Å². The van der Waals surface area contributed by atoms with Gasteiger partial charge in [0.15, 0.2) is 11.6 Å². The van der Waals surface area contributed by atoms with Crippen LogP contribution < -0.4 is 0 Å². The number of hydrogen-bond acceptors (Lipinski definition) is 4. The van der Waals surface area contributed by atoms with Crippen molar-refractivity contribution in [2.75, 3.05) is 53.6 Å². The minimum atomic E-state index is -0.816. The van der Waals surface area contributed by atoms with Gasteiger partial charge in [0.25, 0.3) is 0 Å². The monoisotopic (exact) mass is 342 g/mol. The largest absolute Gasteiger partial charge is 0.396 e. The van der Waals surface area contributed by atoms with Crippen LogP contribution in [0.5, 0.6) is 0 Å². The predicted molar refractivity (Wildman–Crippen MR) is 89.7 cm³/mol. The van der Waals surface area contributed by atoms with E-state index >= 15 is 0 Å². The summed E-state index contributed by atoms with van der Waals surface area (Å²) < 4.78 is 31.6. The number of methoxy groups -OCH3 is 1. The van der Waals surface area contributed by atoms with Crippen molar-refractivity contribution in [1.82, 2.24) is 9.80 Å². The van der Waals surface area contributed by atoms with Crippen LogP contribution in [0.3, 0.4) is 0 Å². The van der Waals surface area contributed by atoms with Crippen LogP contribution >= 0.6 is 0 Å². The van der Waals surface area contributed by atoms with Crippen molar-refractivity contribution in [1.29, 1.82) is 0 Å². The zero-order chi connectivity index (χ0) is 17.5. The quantitative estimate of drug-likeness (QED) is 0.784. The van der Waals surface area contributed by atoms with Crippen LogP contribution in [-0.4, -0.2) is 68.5 Å². The van der Waals surface area contributed by atoms with Crippen molar-refractivity contribution >= 4 is 0 Å². The molecule has 1 aromatic rings. The summed E-state index contributed by atoms with van der Waals surface area (Å²) in [5, 5.41) is 9.58. The maximum atomic E-state index is 13.4. The summed E-state index contributed by atoms with van der Waals surface area (Å²) in [6.45, 7) is 4.93. The van der Waals surface area contributed by atoms with Gasteiger partial charge in [0.1, 0.15) is 0 Å². The SMILES string of the molecule is COCCN(C)C[C@@H]1C[C@@H](CO)CN(Cc2ccc(F)c(F)c2)C1. The van der Waals surface area contributed by atoms with Crippen molar-refractivity contribution in [3.63, 3.8) is 0 Å². The number of nitrogens with zero attached hydrogens (tertiary/aromatic N) is 2. The highest BCUT2D eigenvalue weighted by atomic mass is 19.2. The molecular weight excluding hydrogens is 314 g/mol. The van der Waals surface area contributed by atoms with E-state index in [-0.39, 0.29) is 12.5 Å². The molecule has 1 heterocycles. The Kier molecular flexibility index (Phi) is 7.55. The molecule has 0 spiro atoms. The first-order chi connectivity index (χ1) is 11.5. The smallest absolute Gasteiger partial charge is 0.159 e. The Hall–Kier alpha value is -1.08. The van der Waals surface area contributed by atoms with Gasteiger partial charge in [-0.15, -0.1) is 0 Å². The predicted octanol–water partition coefficient (Wildman–Crippen LogP) is 1.97. The number of likely N-dealkylation sites (tertiary alicyclic amines) is 1. The van der Waals surface area contributed by atoms with Crippen molar-refractivity contribution in [3.05, 3.63) is 35.4 Å². The van der Waals surface area contributed by atoms with Crippen molar-refractivity contribution < 1.29 is 18.6 Å². The van der Waals surface area contributed by atoms with Crippen molar-refractivity contribution in [3.8, 4) is 0 Å². The summed E-state index contributed by atoms with van der Waals surface area (Å²) in [7, 11) is 3.76. The molecule has 1 aliphatic heterocycles. The molecule has 1 aliphatic rings. The highest BCUT2D eigenvalue weighted by molar-refractivity contribution is 5.17. The number of rotatable bonds is 8. The lowest BCUT2D eigenvalue weighted by Crippen LogP contribution is -2.45. The normalized spacial score (nSPS) is 22.2. The topological polar surface area (TPSA) is 35.9 Å². The Labute approximate surface area is 143 Å². The lowest BCUT2D eigenvalue weighted by Gasteiger charge is -2.38. The summed E-state index contributed by atoms with van der Waals surface area (Å²) in [4.78, 5) is 4.47. The first kappa shape index (κ1) is 19.2. The standard InChI is InChI=1S/C18H28F2N2O2/c1-21(5-6-24-2)9-15-7-16(13-23)12-22(11-15)10-14-3-4-17(19)18(20)8-14/h3-4,8,15-16,23H,5-7,9-13H2,1-2H3/t15-,16+/m0/s1. The van der Waals surface area contributed by atoms with E-state index in [4.69, 9.17) is 4.74 Å². The molecule has 0 radical (unpaired) electrons. The molecule has 2 rings (SSSR count). The molecule has 136 valence electrons. The van der Waals surface area contributed by atoms with Crippen LogP contribution in [0.2, 0.25) is 0 Å². The van der Waals surface area contributed by atoms with Gasteiger partial charge in [-0.05, 0) is 43.0 Å². The third-order valence-corrected chi connectivity index (χ3v) is 4.59. The number of likely N-dealkylation sites (N-methyl/N-ethyl adjacent to an activating group) is 1. The highest BCUT2D eigenvalue weighted by Gasteiger charge is 2.27. The maximum Gasteiger partial charge on any atom is 0.159 e. The molecule has 24 heavy (non-hydrogen) atoms. The average Bonchev–Trinajstić information content (AvgIpc) is 2.56. The number of aliphatic hydroxyl groups excluding tert-OH is 1. The van der Waals surface area contributed by atoms with Crippen molar-refractivity contribution in [2.24, 2.45) is 11.8 Å². The summed E-state index contributed by atoms with van der Waals surface area (Å²) in [5.74, 6) is -0.949. The number of benzene rings is 1. The van der Waals surface area contributed by atoms with Crippen LogP contribution in [0.4, 0.5) is 8.78 Å². The van der Waals surface area contributed by atoms with E-state index in [1.807, 2.05) is 0 Å². The van der Waals surface area contributed by atoms with E-state index in [0.717, 1.165) is 38.2 Å². The second-order valence-corrected chi connectivity index (χ2v) is 6.85. The molecule has 1 saturated heterocycles. The van der Waals surface area contributed by atoms with Crippen molar-refractivity contribution in [2.45, 2.75) is 13.0 Å². The minimum absolute atomic E-state index is 0.159. The van der Waals surface area contributed by atoms with Gasteiger partial charge in [0.2, 0.25) is 0 Å². The van der Waals surface area contributed by atoms with E-state index < -0.39 is 11.6 Å². The van der Waals surface area contributed by atoms with Gasteiger partial charge in [-0.1, -0.05) is 6.07 Å². The molecule has 0 aromatic heterocycles. The molecule has 6 heteroatoms. The molecule has 0 unspecified atom stereocenters. The van der Waals surface area contributed by atoms with Crippen LogP contribution in [0.1, 0.15) is 12.0 Å². The van der Waals surface area contributed by atoms with Gasteiger partial charge in [-0.25, -0.2) is 8.78 Å². The maximum absolute atomic E-state index is 13.4. The summed E-state index contributed by atoms with van der Waals surface area (Å²) in [5.41, 5.74) is 0.763. The van der Waals surface area contributed by atoms with Gasteiger partial charge in [-0.2, -0.15) is 0 Å². The zero-order valence-electron chi connectivity index (χ0n) is 14.5. The second-order valence-electron chi connectivity index (χ2n) is 6.85. The van der Waals surface area contributed by atoms with Gasteiger partial charge in [0.05, 0.1) is 6.61 Å². The van der Waals surface area contributed by atoms with Gasteiger partial charge >= 0.3 is 0 Å². The minimum Gasteiger partial charge on any atom is -0.396 e. The van der Waals surface area contributed by atoms with E-state index in [2.05, 4.69) is 16.8 Å². The van der Waals surface area contributed by atoms with Crippen LogP contribution in [0.25, 0.3) is 0 Å². The first-order valence-electron chi connectivity index (χ1n) is 8.46. The Morgan fingerprint density at radius 1 is 1.25 bits per heavy atom. The molecule has 1 fully saturated rings. The number of hydrogen-bond donors (Lipinski definition) is 1. The Balaban J connectivity index is 1.94. The third-order valence-electron chi connectivity index (χ3n) is 4.59. The first-order valence-corrected chi connectivity index (χ1v) is 8.46. The molecule has 4 nitrogen and oxygen atoms in total. The molecule has 1 aromatic carbocycles. The fraction of sp³-hybridized carbons (Fsp3) is 0.667. The van der Waals surface area contributed by atoms with E-state index in [1.54, 1.807) is 13.2 Å². The van der Waals surface area contributed by atoms with Crippen LogP contribution in [0, 0.1) is 23.5 Å². The molecule has 0 saturated carbocycles. The average molecular weight is 342 g/mol. The number of aliphatic hydroxyl groups is 1. The molecule has 0 bridgehead atoms. The Bertz CT molecular complexity index is 516. The highest BCUT2D eigenvalue weighted by Crippen LogP contribution is 2.24. The number of halogens is 2. The third kappa shape index (κ3) is 5.77. The van der Waals surface area contributed by atoms with Gasteiger partial charge in [0, 0.05) is 46.4 Å². The fourth-order valence-corrected chi connectivity index (χ4v) is 3.49. The number of piperidine rings is 1. The number of ether oxygens (including phenoxy) is 1. The van der Waals surface area contributed by atoms with E-state index in [0.29, 0.717) is 19.1 Å². The fourth-order valence-electron chi connectivity index (χ4n) is 3.49. The van der Waals surface area contributed by atoms with Gasteiger partial charge < -0.3 is 14.7 Å².